The Bertz CT molecular complexity index is 2710. The third-order valence-electron chi connectivity index (χ3n) is 9.60. The second-order valence-electron chi connectivity index (χ2n) is 14.0. The van der Waals surface area contributed by atoms with Gasteiger partial charge in [-0.15, -0.1) is 0 Å². The molecule has 2 aromatic carbocycles. The van der Waals surface area contributed by atoms with Crippen molar-refractivity contribution in [2.24, 2.45) is 0 Å². The fourth-order valence-corrected chi connectivity index (χ4v) is 6.93. The number of aromatic nitrogens is 8. The second kappa shape index (κ2) is 25.4. The molecule has 0 spiro atoms. The van der Waals surface area contributed by atoms with Crippen LogP contribution < -0.4 is 0 Å². The Balaban J connectivity index is 0.000000168. The first-order valence-electron chi connectivity index (χ1n) is 20.2. The first kappa shape index (κ1) is 49.2. The molecule has 12 heteroatoms. The molecule has 0 aliphatic rings. The molecule has 10 aromatic rings. The maximum atomic E-state index is 4.78. The Morgan fingerprint density at radius 3 is 0.833 bits per heavy atom. The Hall–Kier alpha value is -6.28. The molecule has 0 radical (unpaired) electrons. The normalized spacial score (nSPS) is 10.3. The summed E-state index contributed by atoms with van der Waals surface area (Å²) in [6, 6.07) is 56.0. The van der Waals surface area contributed by atoms with Gasteiger partial charge in [-0.05, 0) is 155 Å². The molecule has 8 heterocycles. The molecule has 0 saturated heterocycles. The van der Waals surface area contributed by atoms with Crippen molar-refractivity contribution in [2.45, 2.75) is 0 Å². The summed E-state index contributed by atoms with van der Waals surface area (Å²) in [5, 5.41) is 0. The smallest absolute Gasteiger partial charge is 0.0900 e. The summed E-state index contributed by atoms with van der Waals surface area (Å²) in [6.07, 6.45) is 18.4. The van der Waals surface area contributed by atoms with Crippen LogP contribution in [0.25, 0.3) is 80.0 Å². The minimum Gasteiger partial charge on any atom is -0.265 e. The van der Waals surface area contributed by atoms with Crippen molar-refractivity contribution in [2.75, 3.05) is 0 Å². The van der Waals surface area contributed by atoms with E-state index in [1.807, 2.05) is 121 Å². The van der Waals surface area contributed by atoms with Gasteiger partial charge in [-0.1, -0.05) is 92.5 Å². The third kappa shape index (κ3) is 14.1. The average molecular weight is 1350 g/mol. The van der Waals surface area contributed by atoms with E-state index >= 15 is 0 Å². The Morgan fingerprint density at radius 2 is 0.576 bits per heavy atom. The molecule has 8 nitrogen and oxygen atoms in total. The molecule has 0 amide bonds. The van der Waals surface area contributed by atoms with Crippen LogP contribution in [0.5, 0.6) is 0 Å². The van der Waals surface area contributed by atoms with Crippen molar-refractivity contribution in [1.82, 2.24) is 39.9 Å². The largest absolute Gasteiger partial charge is 0.265 e. The van der Waals surface area contributed by atoms with E-state index in [-0.39, 0.29) is 42.1 Å². The van der Waals surface area contributed by atoms with E-state index in [0.29, 0.717) is 0 Å². The van der Waals surface area contributed by atoms with E-state index in [4.69, 9.17) is 9.97 Å². The molecular weight excluding hydrogens is 1310 g/mol. The molecule has 0 saturated carbocycles. The number of hydrogen-bond donors (Lipinski definition) is 0. The van der Waals surface area contributed by atoms with Crippen molar-refractivity contribution >= 4 is 44.0 Å². The topological polar surface area (TPSA) is 103 Å². The summed E-state index contributed by atoms with van der Waals surface area (Å²) in [5.74, 6) is 0. The molecular formula is C54H38Br2N8Pt2. The van der Waals surface area contributed by atoms with Gasteiger partial charge in [0.15, 0.2) is 0 Å². The van der Waals surface area contributed by atoms with Gasteiger partial charge in [0.2, 0.25) is 0 Å². The summed E-state index contributed by atoms with van der Waals surface area (Å²) in [4.78, 5) is 35.2. The number of rotatable bonds is 8. The monoisotopic (exact) mass is 1350 g/mol. The van der Waals surface area contributed by atoms with Gasteiger partial charge in [0.25, 0.3) is 0 Å². The Kier molecular flexibility index (Phi) is 18.9. The van der Waals surface area contributed by atoms with Crippen LogP contribution in [-0.2, 0) is 42.1 Å². The van der Waals surface area contributed by atoms with Crippen LogP contribution in [0, 0.1) is 0 Å². The minimum atomic E-state index is 0. The average Bonchev–Trinajstić information content (AvgIpc) is 3.38. The fourth-order valence-electron chi connectivity index (χ4n) is 6.40. The maximum absolute atomic E-state index is 4.78. The van der Waals surface area contributed by atoms with Gasteiger partial charge in [-0.25, -0.2) is 9.97 Å². The fraction of sp³-hybridized carbons (Fsp3) is 0. The van der Waals surface area contributed by atoms with Crippen LogP contribution in [0.2, 0.25) is 0 Å². The van der Waals surface area contributed by atoms with Crippen molar-refractivity contribution in [3.05, 3.63) is 240 Å². The quantitative estimate of drug-likeness (QED) is 0.148. The zero-order valence-electron chi connectivity index (χ0n) is 34.9. The van der Waals surface area contributed by atoms with Gasteiger partial charge in [-0.3, -0.25) is 29.9 Å². The van der Waals surface area contributed by atoms with Crippen molar-refractivity contribution in [1.29, 1.82) is 0 Å². The van der Waals surface area contributed by atoms with Crippen LogP contribution in [0.4, 0.5) is 0 Å². The summed E-state index contributed by atoms with van der Waals surface area (Å²) >= 11 is 6.98. The van der Waals surface area contributed by atoms with E-state index in [1.165, 1.54) is 0 Å². The van der Waals surface area contributed by atoms with Crippen molar-refractivity contribution < 1.29 is 42.1 Å². The Labute approximate surface area is 429 Å². The molecule has 0 fully saturated rings. The first-order chi connectivity index (χ1) is 31.5. The second-order valence-corrected chi connectivity index (χ2v) is 15.9. The Morgan fingerprint density at radius 1 is 0.288 bits per heavy atom. The number of benzene rings is 2. The summed E-state index contributed by atoms with van der Waals surface area (Å²) < 4.78 is 2.11. The van der Waals surface area contributed by atoms with Gasteiger partial charge in [0.1, 0.15) is 0 Å². The van der Waals surface area contributed by atoms with Crippen LogP contribution in [0.1, 0.15) is 11.1 Å². The molecule has 10 rings (SSSR count). The minimum absolute atomic E-state index is 0. The molecule has 66 heavy (non-hydrogen) atoms. The standard InChI is InChI=1S/2C21H14BrN3.C12H10N2.2Pt/c2*22-17-9-7-15(8-10-17)16-13-20(18-5-1-3-11-23-18)25-21(14-16)19-6-2-4-12-24-19;1(11-3-7-13-8-4-11)2-12-5-9-14-10-6-12;;/h2*1-14H;1-10H;;/b;;2-1+;;. The van der Waals surface area contributed by atoms with Crippen LogP contribution >= 0.6 is 31.9 Å². The molecule has 8 aromatic heterocycles. The zero-order valence-corrected chi connectivity index (χ0v) is 42.6. The van der Waals surface area contributed by atoms with Crippen LogP contribution in [0.15, 0.2) is 228 Å². The molecule has 0 N–H and O–H groups in total. The molecule has 0 atom stereocenters. The molecule has 0 aliphatic heterocycles. The van der Waals surface area contributed by atoms with E-state index in [2.05, 4.69) is 122 Å². The van der Waals surface area contributed by atoms with Gasteiger partial charge in [0.05, 0.1) is 45.6 Å². The third-order valence-corrected chi connectivity index (χ3v) is 10.7. The molecule has 0 unspecified atom stereocenters. The molecule has 0 bridgehead atoms. The van der Waals surface area contributed by atoms with E-state index < -0.39 is 0 Å². The number of pyridine rings is 8. The first-order valence-corrected chi connectivity index (χ1v) is 21.8. The molecule has 328 valence electrons. The predicted molar refractivity (Wildman–Crippen MR) is 265 cm³/mol. The number of halogens is 2. The summed E-state index contributed by atoms with van der Waals surface area (Å²) in [5.41, 5.74) is 13.4. The number of nitrogens with zero attached hydrogens (tertiary/aromatic N) is 8. The van der Waals surface area contributed by atoms with Gasteiger partial charge >= 0.3 is 0 Å². The SMILES string of the molecule is Brc1ccc(-c2cc(-c3ccccn3)nc(-c3ccccn3)c2)cc1.Brc1ccc(-c2cc(-c3ccccn3)nc(-c3ccccn3)c2)cc1.C(=C\c1ccncc1)/c1ccncc1.[Pt].[Pt]. The van der Waals surface area contributed by atoms with E-state index in [9.17, 15) is 0 Å². The van der Waals surface area contributed by atoms with Gasteiger partial charge in [-0.2, -0.15) is 0 Å². The van der Waals surface area contributed by atoms with E-state index in [0.717, 1.165) is 87.9 Å². The van der Waals surface area contributed by atoms with Crippen LogP contribution in [0.3, 0.4) is 0 Å². The molecule has 0 aliphatic carbocycles. The number of hydrogen-bond acceptors (Lipinski definition) is 8. The van der Waals surface area contributed by atoms with Crippen molar-refractivity contribution in [3.63, 3.8) is 0 Å². The van der Waals surface area contributed by atoms with E-state index in [1.54, 1.807) is 49.6 Å². The zero-order chi connectivity index (χ0) is 43.8. The summed E-state index contributed by atoms with van der Waals surface area (Å²) in [7, 11) is 0. The van der Waals surface area contributed by atoms with Gasteiger partial charge < -0.3 is 0 Å². The predicted octanol–water partition coefficient (Wildman–Crippen LogP) is 13.9. The van der Waals surface area contributed by atoms with Crippen molar-refractivity contribution in [3.8, 4) is 67.8 Å². The van der Waals surface area contributed by atoms with Crippen LogP contribution in [-0.4, -0.2) is 39.9 Å². The maximum Gasteiger partial charge on any atom is 0.0900 e. The van der Waals surface area contributed by atoms with Gasteiger partial charge in [0, 0.05) is 101 Å². The summed E-state index contributed by atoms with van der Waals surface area (Å²) in [6.45, 7) is 0.